The molecule has 1 amide bonds. The van der Waals surface area contributed by atoms with Crippen LogP contribution in [0.5, 0.6) is 0 Å². The van der Waals surface area contributed by atoms with E-state index in [-0.39, 0.29) is 11.5 Å². The van der Waals surface area contributed by atoms with Crippen LogP contribution < -0.4 is 10.2 Å². The van der Waals surface area contributed by atoms with Crippen LogP contribution in [0.25, 0.3) is 0 Å². The van der Waals surface area contributed by atoms with E-state index in [0.717, 1.165) is 13.0 Å². The molecule has 2 N–H and O–H groups in total. The lowest BCUT2D eigenvalue weighted by Gasteiger charge is -2.20. The van der Waals surface area contributed by atoms with E-state index in [1.807, 2.05) is 23.1 Å². The Hall–Kier alpha value is -3.38. The average molecular weight is 422 g/mol. The summed E-state index contributed by atoms with van der Waals surface area (Å²) in [4.78, 5) is 30.7. The van der Waals surface area contributed by atoms with Gasteiger partial charge in [0.15, 0.2) is 0 Å². The van der Waals surface area contributed by atoms with E-state index < -0.39 is 5.97 Å². The van der Waals surface area contributed by atoms with Crippen LogP contribution in [-0.2, 0) is 0 Å². The summed E-state index contributed by atoms with van der Waals surface area (Å²) in [6.45, 7) is 1.42. The van der Waals surface area contributed by atoms with Gasteiger partial charge in [-0.25, -0.2) is 9.78 Å². The molecule has 4 rings (SSSR count). The Bertz CT molecular complexity index is 1090. The minimum Gasteiger partial charge on any atom is -0.478 e. The molecule has 0 spiro atoms. The number of hydrogen-bond acceptors (Lipinski definition) is 4. The molecule has 0 radical (unpaired) electrons. The average Bonchev–Trinajstić information content (AvgIpc) is 3.24. The van der Waals surface area contributed by atoms with E-state index in [4.69, 9.17) is 11.6 Å². The maximum Gasteiger partial charge on any atom is 0.339 e. The van der Waals surface area contributed by atoms with Gasteiger partial charge in [0, 0.05) is 29.6 Å². The van der Waals surface area contributed by atoms with E-state index >= 15 is 0 Å². The van der Waals surface area contributed by atoms with E-state index in [9.17, 15) is 14.7 Å². The fourth-order valence-electron chi connectivity index (χ4n) is 3.72. The lowest BCUT2D eigenvalue weighted by Crippen LogP contribution is -2.23. The van der Waals surface area contributed by atoms with Gasteiger partial charge in [-0.05, 0) is 36.2 Å². The fourth-order valence-corrected chi connectivity index (χ4v) is 3.91. The molecular weight excluding hydrogens is 402 g/mol. The molecular formula is C23H20ClN3O3. The first-order valence-electron chi connectivity index (χ1n) is 9.61. The number of halogens is 1. The van der Waals surface area contributed by atoms with Gasteiger partial charge < -0.3 is 15.3 Å². The molecule has 0 unspecified atom stereocenters. The van der Waals surface area contributed by atoms with Gasteiger partial charge in [0.2, 0.25) is 0 Å². The second kappa shape index (κ2) is 8.55. The predicted molar refractivity (Wildman–Crippen MR) is 117 cm³/mol. The number of hydrogen-bond donors (Lipinski definition) is 2. The summed E-state index contributed by atoms with van der Waals surface area (Å²) in [5, 5.41) is 12.9. The highest BCUT2D eigenvalue weighted by molar-refractivity contribution is 6.31. The third kappa shape index (κ3) is 4.28. The Morgan fingerprint density at radius 3 is 2.63 bits per heavy atom. The highest BCUT2D eigenvalue weighted by Crippen LogP contribution is 2.32. The first-order chi connectivity index (χ1) is 14.5. The monoisotopic (exact) mass is 421 g/mol. The van der Waals surface area contributed by atoms with E-state index in [1.54, 1.807) is 24.3 Å². The van der Waals surface area contributed by atoms with Crippen molar-refractivity contribution in [2.75, 3.05) is 23.3 Å². The lowest BCUT2D eigenvalue weighted by molar-refractivity contribution is 0.0697. The Kier molecular flexibility index (Phi) is 5.68. The van der Waals surface area contributed by atoms with Gasteiger partial charge >= 0.3 is 5.97 Å². The fraction of sp³-hybridized carbons (Fsp3) is 0.174. The van der Waals surface area contributed by atoms with Gasteiger partial charge in [0.05, 0.1) is 11.9 Å². The van der Waals surface area contributed by atoms with Gasteiger partial charge in [-0.1, -0.05) is 48.0 Å². The zero-order valence-corrected chi connectivity index (χ0v) is 16.8. The summed E-state index contributed by atoms with van der Waals surface area (Å²) >= 11 is 5.93. The highest BCUT2D eigenvalue weighted by atomic mass is 35.5. The Balaban J connectivity index is 1.54. The predicted octanol–water partition coefficient (Wildman–Crippen LogP) is 4.68. The summed E-state index contributed by atoms with van der Waals surface area (Å²) in [6, 6.07) is 18.2. The van der Waals surface area contributed by atoms with Crippen LogP contribution in [0, 0.1) is 0 Å². The van der Waals surface area contributed by atoms with Crippen molar-refractivity contribution in [3.05, 3.63) is 88.6 Å². The first-order valence-corrected chi connectivity index (χ1v) is 9.99. The summed E-state index contributed by atoms with van der Waals surface area (Å²) in [5.74, 6) is -0.716. The molecule has 0 bridgehead atoms. The van der Waals surface area contributed by atoms with Gasteiger partial charge in [-0.3, -0.25) is 4.79 Å². The van der Waals surface area contributed by atoms with Gasteiger partial charge in [0.1, 0.15) is 11.4 Å². The number of aromatic carboxylic acids is 1. The topological polar surface area (TPSA) is 82.5 Å². The van der Waals surface area contributed by atoms with Crippen molar-refractivity contribution in [3.63, 3.8) is 0 Å². The molecule has 1 atom stereocenters. The highest BCUT2D eigenvalue weighted by Gasteiger charge is 2.28. The maximum absolute atomic E-state index is 12.4. The van der Waals surface area contributed by atoms with Crippen molar-refractivity contribution in [1.82, 2.24) is 4.98 Å². The van der Waals surface area contributed by atoms with Crippen LogP contribution in [0.15, 0.2) is 66.9 Å². The number of rotatable bonds is 5. The molecule has 6 nitrogen and oxygen atoms in total. The van der Waals surface area contributed by atoms with Gasteiger partial charge in [-0.15, -0.1) is 0 Å². The van der Waals surface area contributed by atoms with Crippen molar-refractivity contribution in [1.29, 1.82) is 0 Å². The molecule has 0 aliphatic carbocycles. The number of nitrogens with one attached hydrogen (secondary N) is 1. The van der Waals surface area contributed by atoms with Gasteiger partial charge in [0.25, 0.3) is 5.91 Å². The molecule has 3 aromatic rings. The third-order valence-corrected chi connectivity index (χ3v) is 5.44. The first kappa shape index (κ1) is 19.9. The van der Waals surface area contributed by atoms with Crippen LogP contribution >= 0.6 is 11.6 Å². The van der Waals surface area contributed by atoms with E-state index in [1.165, 1.54) is 17.8 Å². The molecule has 1 aliphatic heterocycles. The zero-order chi connectivity index (χ0) is 21.1. The minimum atomic E-state index is -1.08. The molecule has 30 heavy (non-hydrogen) atoms. The Morgan fingerprint density at radius 1 is 1.10 bits per heavy atom. The van der Waals surface area contributed by atoms with E-state index in [2.05, 4.69) is 22.4 Å². The molecule has 1 saturated heterocycles. The lowest BCUT2D eigenvalue weighted by atomic mass is 9.99. The minimum absolute atomic E-state index is 0.0626. The van der Waals surface area contributed by atoms with Crippen LogP contribution in [0.1, 0.15) is 38.6 Å². The number of aromatic nitrogens is 1. The van der Waals surface area contributed by atoms with Crippen LogP contribution in [0.3, 0.4) is 0 Å². The molecule has 2 heterocycles. The molecule has 2 aromatic carbocycles. The van der Waals surface area contributed by atoms with Crippen molar-refractivity contribution in [2.24, 2.45) is 0 Å². The zero-order valence-electron chi connectivity index (χ0n) is 16.1. The van der Waals surface area contributed by atoms with Crippen molar-refractivity contribution < 1.29 is 14.7 Å². The second-order valence-electron chi connectivity index (χ2n) is 7.21. The number of anilines is 2. The molecule has 1 aromatic heterocycles. The van der Waals surface area contributed by atoms with Crippen molar-refractivity contribution in [3.8, 4) is 0 Å². The molecule has 7 heteroatoms. The number of amides is 1. The standard InChI is InChI=1S/C23H20ClN3O3/c24-18-8-4-7-16(11-18)22(28)26-19-12-20(23(29)30)21(25-13-19)27-10-9-17(14-27)15-5-2-1-3-6-15/h1-8,11-13,17H,9-10,14H2,(H,26,28)(H,29,30)/t17-/m0/s1. The number of carboxylic acids is 1. The normalized spacial score (nSPS) is 15.8. The molecule has 152 valence electrons. The summed E-state index contributed by atoms with van der Waals surface area (Å²) in [7, 11) is 0. The molecule has 1 fully saturated rings. The number of pyridine rings is 1. The number of benzene rings is 2. The Morgan fingerprint density at radius 2 is 1.90 bits per heavy atom. The number of carbonyl (C=O) groups excluding carboxylic acids is 1. The maximum atomic E-state index is 12.4. The van der Waals surface area contributed by atoms with Crippen LogP contribution in [0.4, 0.5) is 11.5 Å². The van der Waals surface area contributed by atoms with Crippen molar-refractivity contribution >= 4 is 35.0 Å². The van der Waals surface area contributed by atoms with Crippen LogP contribution in [0.2, 0.25) is 5.02 Å². The largest absolute Gasteiger partial charge is 0.478 e. The summed E-state index contributed by atoms with van der Waals surface area (Å²) in [5.41, 5.74) is 2.00. The molecule has 0 saturated carbocycles. The summed E-state index contributed by atoms with van der Waals surface area (Å²) in [6.07, 6.45) is 2.41. The second-order valence-corrected chi connectivity index (χ2v) is 7.64. The van der Waals surface area contributed by atoms with Crippen LogP contribution in [-0.4, -0.2) is 35.1 Å². The van der Waals surface area contributed by atoms with Gasteiger partial charge in [-0.2, -0.15) is 0 Å². The van der Waals surface area contributed by atoms with E-state index in [0.29, 0.717) is 34.6 Å². The number of carbonyl (C=O) groups is 2. The smallest absolute Gasteiger partial charge is 0.339 e. The third-order valence-electron chi connectivity index (χ3n) is 5.20. The summed E-state index contributed by atoms with van der Waals surface area (Å²) < 4.78 is 0. The Labute approximate surface area is 179 Å². The number of carboxylic acid groups (broad SMARTS) is 1. The van der Waals surface area contributed by atoms with Crippen molar-refractivity contribution in [2.45, 2.75) is 12.3 Å². The number of nitrogens with zero attached hydrogens (tertiary/aromatic N) is 2. The SMILES string of the molecule is O=C(Nc1cnc(N2CC[C@H](c3ccccc3)C2)c(C(=O)O)c1)c1cccc(Cl)c1. The quantitative estimate of drug-likeness (QED) is 0.625. The molecule has 1 aliphatic rings.